The van der Waals surface area contributed by atoms with Crippen LogP contribution in [0.25, 0.3) is 0 Å². The summed E-state index contributed by atoms with van der Waals surface area (Å²) in [4.78, 5) is 0. The van der Waals surface area contributed by atoms with Crippen LogP contribution in [0.4, 0.5) is 0 Å². The molecule has 0 bridgehead atoms. The molecule has 0 saturated carbocycles. The summed E-state index contributed by atoms with van der Waals surface area (Å²) in [5.41, 5.74) is 3.36. The summed E-state index contributed by atoms with van der Waals surface area (Å²) in [5, 5.41) is 0. The second-order valence-electron chi connectivity index (χ2n) is 2.72. The largest absolute Gasteiger partial charge is 0.136 e. The van der Waals surface area contributed by atoms with E-state index in [1.807, 2.05) is 0 Å². The van der Waals surface area contributed by atoms with Gasteiger partial charge < -0.3 is 0 Å². The highest BCUT2D eigenvalue weighted by Crippen LogP contribution is 1.99. The molecule has 0 spiro atoms. The van der Waals surface area contributed by atoms with Crippen molar-refractivity contribution in [3.05, 3.63) is 0 Å². The summed E-state index contributed by atoms with van der Waals surface area (Å²) in [5.74, 6) is 3.17. The maximum Gasteiger partial charge on any atom is 0.119 e. The molecule has 0 rings (SSSR count). The van der Waals surface area contributed by atoms with E-state index in [-0.39, 0.29) is 0 Å². The molecule has 58 valence electrons. The molecule has 1 unspecified atom stereocenters. The van der Waals surface area contributed by atoms with Gasteiger partial charge in [0.2, 0.25) is 0 Å². The van der Waals surface area contributed by atoms with Gasteiger partial charge in [0.1, 0.15) is 8.80 Å². The van der Waals surface area contributed by atoms with Crippen LogP contribution >= 0.6 is 0 Å². The molecule has 0 aliphatic carbocycles. The van der Waals surface area contributed by atoms with Gasteiger partial charge in [-0.2, -0.15) is 0 Å². The Morgan fingerprint density at radius 2 is 2.00 bits per heavy atom. The van der Waals surface area contributed by atoms with Crippen molar-refractivity contribution in [2.24, 2.45) is 0 Å². The van der Waals surface area contributed by atoms with Gasteiger partial charge in [-0.25, -0.2) is 0 Å². The van der Waals surface area contributed by atoms with Crippen LogP contribution in [-0.4, -0.2) is 8.80 Å². The number of unbranched alkanes of at least 4 members (excludes halogenated alkanes) is 1. The summed E-state index contributed by atoms with van der Waals surface area (Å²) in [6, 6.07) is 1.41. The molecule has 0 aromatic rings. The standard InChI is InChI=1S/C9H18Si/c1-4-6-8-10(3)9-7-5-2/h10H,4-6,8H2,1-3H3. The van der Waals surface area contributed by atoms with Crippen LogP contribution in [0.3, 0.4) is 0 Å². The molecule has 0 aromatic heterocycles. The van der Waals surface area contributed by atoms with E-state index >= 15 is 0 Å². The van der Waals surface area contributed by atoms with Crippen LogP contribution in [-0.2, 0) is 0 Å². The molecule has 0 aliphatic rings. The van der Waals surface area contributed by atoms with Crippen molar-refractivity contribution in [1.29, 1.82) is 0 Å². The predicted molar refractivity (Wildman–Crippen MR) is 50.8 cm³/mol. The summed E-state index contributed by atoms with van der Waals surface area (Å²) in [7, 11) is -0.599. The van der Waals surface area contributed by atoms with Gasteiger partial charge in [-0.1, -0.05) is 33.2 Å². The van der Waals surface area contributed by atoms with Crippen molar-refractivity contribution in [3.63, 3.8) is 0 Å². The first-order chi connectivity index (χ1) is 4.81. The van der Waals surface area contributed by atoms with E-state index in [9.17, 15) is 0 Å². The van der Waals surface area contributed by atoms with Gasteiger partial charge in [0.15, 0.2) is 0 Å². The molecule has 0 aromatic carbocycles. The molecule has 1 heteroatoms. The molecule has 1 atom stereocenters. The van der Waals surface area contributed by atoms with Gasteiger partial charge in [-0.15, -0.1) is 11.5 Å². The van der Waals surface area contributed by atoms with Crippen molar-refractivity contribution >= 4 is 8.80 Å². The fraction of sp³-hybridized carbons (Fsp3) is 0.778. The van der Waals surface area contributed by atoms with Gasteiger partial charge in [0.05, 0.1) is 0 Å². The van der Waals surface area contributed by atoms with Crippen molar-refractivity contribution in [1.82, 2.24) is 0 Å². The van der Waals surface area contributed by atoms with E-state index in [2.05, 4.69) is 31.9 Å². The zero-order chi connectivity index (χ0) is 7.82. The van der Waals surface area contributed by atoms with Crippen LogP contribution in [0.15, 0.2) is 0 Å². The van der Waals surface area contributed by atoms with Gasteiger partial charge in [0, 0.05) is 6.42 Å². The zero-order valence-corrected chi connectivity index (χ0v) is 8.56. The Morgan fingerprint density at radius 1 is 1.30 bits per heavy atom. The Bertz CT molecular complexity index is 118. The molecule has 10 heavy (non-hydrogen) atoms. The first-order valence-electron chi connectivity index (χ1n) is 4.29. The summed E-state index contributed by atoms with van der Waals surface area (Å²) in [6.45, 7) is 6.71. The van der Waals surface area contributed by atoms with Crippen molar-refractivity contribution in [2.45, 2.75) is 45.7 Å². The van der Waals surface area contributed by atoms with Gasteiger partial charge in [-0.05, 0) is 6.04 Å². The molecule has 0 aliphatic heterocycles. The average molecular weight is 154 g/mol. The minimum atomic E-state index is -0.599. The highest BCUT2D eigenvalue weighted by Gasteiger charge is 1.96. The third kappa shape index (κ3) is 5.91. The fourth-order valence-electron chi connectivity index (χ4n) is 0.859. The Morgan fingerprint density at radius 3 is 2.50 bits per heavy atom. The number of hydrogen-bond donors (Lipinski definition) is 0. The summed E-state index contributed by atoms with van der Waals surface area (Å²) < 4.78 is 0. The summed E-state index contributed by atoms with van der Waals surface area (Å²) >= 11 is 0. The molecule has 0 heterocycles. The third-order valence-electron chi connectivity index (χ3n) is 1.52. The first kappa shape index (κ1) is 9.78. The third-order valence-corrected chi connectivity index (χ3v) is 3.49. The van der Waals surface area contributed by atoms with E-state index in [0.29, 0.717) is 0 Å². The van der Waals surface area contributed by atoms with Crippen molar-refractivity contribution < 1.29 is 0 Å². The first-order valence-corrected chi connectivity index (χ1v) is 6.84. The topological polar surface area (TPSA) is 0 Å². The predicted octanol–water partition coefficient (Wildman–Crippen LogP) is 2.60. The van der Waals surface area contributed by atoms with E-state index < -0.39 is 8.80 Å². The van der Waals surface area contributed by atoms with Crippen LogP contribution in [0.1, 0.15) is 33.1 Å². The minimum Gasteiger partial charge on any atom is -0.136 e. The molecule has 0 N–H and O–H groups in total. The normalized spacial score (nSPS) is 11.9. The summed E-state index contributed by atoms with van der Waals surface area (Å²) in [6.07, 6.45) is 3.74. The lowest BCUT2D eigenvalue weighted by Gasteiger charge is -1.97. The lowest BCUT2D eigenvalue weighted by molar-refractivity contribution is 0.877. The van der Waals surface area contributed by atoms with Gasteiger partial charge >= 0.3 is 0 Å². The second-order valence-corrected chi connectivity index (χ2v) is 5.39. The zero-order valence-electron chi connectivity index (χ0n) is 7.41. The second kappa shape index (κ2) is 6.89. The molecule has 0 amide bonds. The Labute approximate surface area is 66.6 Å². The SMILES string of the molecule is CCC#C[SiH](C)CCCC. The minimum absolute atomic E-state index is 0.599. The Hall–Kier alpha value is -0.223. The molecular weight excluding hydrogens is 136 g/mol. The van der Waals surface area contributed by atoms with Crippen molar-refractivity contribution in [2.75, 3.05) is 0 Å². The van der Waals surface area contributed by atoms with Crippen LogP contribution in [0, 0.1) is 11.5 Å². The Balaban J connectivity index is 3.33. The van der Waals surface area contributed by atoms with E-state index in [1.165, 1.54) is 18.9 Å². The molecular formula is C9H18Si. The maximum absolute atomic E-state index is 3.36. The maximum atomic E-state index is 3.36. The monoisotopic (exact) mass is 154 g/mol. The fourth-order valence-corrected chi connectivity index (χ4v) is 2.58. The van der Waals surface area contributed by atoms with E-state index in [1.54, 1.807) is 0 Å². The highest BCUT2D eigenvalue weighted by molar-refractivity contribution is 6.66. The number of rotatable bonds is 3. The van der Waals surface area contributed by atoms with Crippen molar-refractivity contribution in [3.8, 4) is 11.5 Å². The quantitative estimate of drug-likeness (QED) is 0.433. The van der Waals surface area contributed by atoms with E-state index in [0.717, 1.165) is 6.42 Å². The Kier molecular flexibility index (Phi) is 6.74. The molecule has 0 radical (unpaired) electrons. The van der Waals surface area contributed by atoms with Crippen LogP contribution in [0.5, 0.6) is 0 Å². The van der Waals surface area contributed by atoms with Crippen LogP contribution < -0.4 is 0 Å². The van der Waals surface area contributed by atoms with E-state index in [4.69, 9.17) is 0 Å². The smallest absolute Gasteiger partial charge is 0.119 e. The molecule has 0 fully saturated rings. The molecule has 0 saturated heterocycles. The molecule has 0 nitrogen and oxygen atoms in total. The highest BCUT2D eigenvalue weighted by atomic mass is 28.3. The van der Waals surface area contributed by atoms with Gasteiger partial charge in [-0.3, -0.25) is 0 Å². The average Bonchev–Trinajstić information content (AvgIpc) is 1.97. The van der Waals surface area contributed by atoms with Gasteiger partial charge in [0.25, 0.3) is 0 Å². The lowest BCUT2D eigenvalue weighted by atomic mass is 10.4. The van der Waals surface area contributed by atoms with Crippen LogP contribution in [0.2, 0.25) is 12.6 Å². The lowest BCUT2D eigenvalue weighted by Crippen LogP contribution is -2.02. The number of hydrogen-bond acceptors (Lipinski definition) is 0.